The Morgan fingerprint density at radius 2 is 1.68 bits per heavy atom. The zero-order valence-electron chi connectivity index (χ0n) is 15.6. The first-order chi connectivity index (χ1) is 13.5. The third kappa shape index (κ3) is 3.88. The number of fused-ring (bicyclic) bond motifs is 1. The lowest BCUT2D eigenvalue weighted by Crippen LogP contribution is -2.51. The first-order valence-electron chi connectivity index (χ1n) is 9.10. The third-order valence-corrected chi connectivity index (χ3v) is 5.21. The lowest BCUT2D eigenvalue weighted by Gasteiger charge is -2.34. The van der Waals surface area contributed by atoms with E-state index >= 15 is 0 Å². The fourth-order valence-corrected chi connectivity index (χ4v) is 3.59. The number of benzene rings is 1. The van der Waals surface area contributed by atoms with Gasteiger partial charge in [-0.05, 0) is 24.6 Å². The van der Waals surface area contributed by atoms with E-state index in [-0.39, 0.29) is 41.6 Å². The molecule has 2 aliphatic heterocycles. The van der Waals surface area contributed by atoms with Crippen molar-refractivity contribution in [2.75, 3.05) is 52.3 Å². The van der Waals surface area contributed by atoms with Crippen molar-refractivity contribution < 1.29 is 23.9 Å². The average Bonchev–Trinajstić information content (AvgIpc) is 2.97. The molecule has 0 N–H and O–H groups in total. The molecule has 0 radical (unpaired) electrons. The van der Waals surface area contributed by atoms with Gasteiger partial charge in [-0.1, -0.05) is 0 Å². The van der Waals surface area contributed by atoms with E-state index in [1.54, 1.807) is 23.0 Å². The van der Waals surface area contributed by atoms with Crippen LogP contribution in [0.2, 0.25) is 0 Å². The maximum Gasteiger partial charge on any atom is 0.261 e. The number of ether oxygens (including phenoxy) is 1. The van der Waals surface area contributed by atoms with Crippen molar-refractivity contribution in [1.82, 2.24) is 14.7 Å². The number of imide groups is 1. The van der Waals surface area contributed by atoms with Gasteiger partial charge in [0, 0.05) is 52.0 Å². The van der Waals surface area contributed by atoms with Gasteiger partial charge in [0.25, 0.3) is 17.7 Å². The number of nitrogens with zero attached hydrogens (tertiary/aromatic N) is 3. The van der Waals surface area contributed by atoms with Crippen LogP contribution in [-0.4, -0.2) is 90.6 Å². The van der Waals surface area contributed by atoms with Crippen molar-refractivity contribution in [3.05, 3.63) is 34.9 Å². The Labute approximate surface area is 168 Å². The molecule has 150 valence electrons. The molecule has 0 spiro atoms. The molecule has 1 aromatic carbocycles. The standard InChI is InChI=1S/C19H22ClN3O5/c1-28-10-2-5-23-18(26)14-4-3-13(11-15(14)19(23)27)17(25)22-8-6-21(7-9-22)16(24)12-20/h3-4,11H,2,5-10,12H2,1H3. The van der Waals surface area contributed by atoms with E-state index in [2.05, 4.69) is 0 Å². The van der Waals surface area contributed by atoms with Crippen LogP contribution < -0.4 is 0 Å². The van der Waals surface area contributed by atoms with Gasteiger partial charge < -0.3 is 14.5 Å². The number of halogens is 1. The summed E-state index contributed by atoms with van der Waals surface area (Å²) in [6.45, 7) is 2.37. The van der Waals surface area contributed by atoms with Gasteiger partial charge in [-0.2, -0.15) is 0 Å². The second kappa shape index (κ2) is 8.70. The Morgan fingerprint density at radius 3 is 2.32 bits per heavy atom. The van der Waals surface area contributed by atoms with Gasteiger partial charge in [-0.25, -0.2) is 0 Å². The van der Waals surface area contributed by atoms with Gasteiger partial charge >= 0.3 is 0 Å². The monoisotopic (exact) mass is 407 g/mol. The van der Waals surface area contributed by atoms with Crippen LogP contribution in [0.5, 0.6) is 0 Å². The lowest BCUT2D eigenvalue weighted by molar-refractivity contribution is -0.129. The summed E-state index contributed by atoms with van der Waals surface area (Å²) in [5.41, 5.74) is 0.927. The van der Waals surface area contributed by atoms with E-state index in [9.17, 15) is 19.2 Å². The fraction of sp³-hybridized carbons (Fsp3) is 0.474. The zero-order valence-corrected chi connectivity index (χ0v) is 16.4. The molecule has 0 aliphatic carbocycles. The highest BCUT2D eigenvalue weighted by atomic mass is 35.5. The topological polar surface area (TPSA) is 87.2 Å². The van der Waals surface area contributed by atoms with Crippen molar-refractivity contribution in [3.8, 4) is 0 Å². The van der Waals surface area contributed by atoms with E-state index in [1.807, 2.05) is 0 Å². The van der Waals surface area contributed by atoms with Crippen LogP contribution in [0, 0.1) is 0 Å². The number of rotatable bonds is 6. The minimum Gasteiger partial charge on any atom is -0.385 e. The number of hydrogen-bond acceptors (Lipinski definition) is 5. The second-order valence-electron chi connectivity index (χ2n) is 6.68. The molecule has 28 heavy (non-hydrogen) atoms. The van der Waals surface area contributed by atoms with Crippen LogP contribution in [0.1, 0.15) is 37.5 Å². The Balaban J connectivity index is 1.70. The second-order valence-corrected chi connectivity index (χ2v) is 6.94. The van der Waals surface area contributed by atoms with Crippen molar-refractivity contribution in [2.45, 2.75) is 6.42 Å². The van der Waals surface area contributed by atoms with Crippen LogP contribution in [0.3, 0.4) is 0 Å². The summed E-state index contributed by atoms with van der Waals surface area (Å²) in [6.07, 6.45) is 0.555. The van der Waals surface area contributed by atoms with E-state index in [0.29, 0.717) is 50.3 Å². The Morgan fingerprint density at radius 1 is 1.04 bits per heavy atom. The quantitative estimate of drug-likeness (QED) is 0.396. The zero-order chi connectivity index (χ0) is 20.3. The molecule has 1 saturated heterocycles. The lowest BCUT2D eigenvalue weighted by atomic mass is 10.0. The minimum absolute atomic E-state index is 0.0736. The summed E-state index contributed by atoms with van der Waals surface area (Å²) < 4.78 is 4.97. The first kappa shape index (κ1) is 20.3. The molecule has 0 atom stereocenters. The molecule has 8 nitrogen and oxygen atoms in total. The molecular weight excluding hydrogens is 386 g/mol. The van der Waals surface area contributed by atoms with Gasteiger partial charge in [0.05, 0.1) is 11.1 Å². The smallest absolute Gasteiger partial charge is 0.261 e. The number of piperazine rings is 1. The highest BCUT2D eigenvalue weighted by Crippen LogP contribution is 2.25. The number of hydrogen-bond donors (Lipinski definition) is 0. The predicted molar refractivity (Wildman–Crippen MR) is 102 cm³/mol. The molecule has 2 aliphatic rings. The van der Waals surface area contributed by atoms with Gasteiger partial charge in [-0.15, -0.1) is 11.6 Å². The Kier molecular flexibility index (Phi) is 6.31. The van der Waals surface area contributed by atoms with Crippen LogP contribution in [0.4, 0.5) is 0 Å². The number of carbonyl (C=O) groups is 4. The van der Waals surface area contributed by atoms with Crippen molar-refractivity contribution >= 4 is 35.2 Å². The molecule has 4 amide bonds. The summed E-state index contributed by atoms with van der Waals surface area (Å²) in [5, 5.41) is 0. The normalized spacial score (nSPS) is 16.6. The highest BCUT2D eigenvalue weighted by Gasteiger charge is 2.36. The summed E-state index contributed by atoms with van der Waals surface area (Å²) in [4.78, 5) is 53.9. The number of methoxy groups -OCH3 is 1. The molecule has 0 saturated carbocycles. The van der Waals surface area contributed by atoms with E-state index in [0.717, 1.165) is 0 Å². The number of carbonyl (C=O) groups excluding carboxylic acids is 4. The van der Waals surface area contributed by atoms with Crippen molar-refractivity contribution in [2.24, 2.45) is 0 Å². The van der Waals surface area contributed by atoms with Gasteiger partial charge in [0.2, 0.25) is 5.91 Å². The fourth-order valence-electron chi connectivity index (χ4n) is 3.42. The van der Waals surface area contributed by atoms with Crippen molar-refractivity contribution in [3.63, 3.8) is 0 Å². The van der Waals surface area contributed by atoms with E-state index < -0.39 is 0 Å². The maximum atomic E-state index is 12.8. The summed E-state index contributed by atoms with van der Waals surface area (Å²) in [5.74, 6) is -1.18. The maximum absolute atomic E-state index is 12.8. The molecule has 3 rings (SSSR count). The SMILES string of the molecule is COCCCN1C(=O)c2ccc(C(=O)N3CCN(C(=O)CCl)CC3)cc2C1=O. The predicted octanol–water partition coefficient (Wildman–Crippen LogP) is 0.842. The molecule has 0 unspecified atom stereocenters. The van der Waals surface area contributed by atoms with E-state index in [4.69, 9.17) is 16.3 Å². The number of amides is 4. The molecule has 1 aromatic rings. The Bertz CT molecular complexity index is 805. The number of alkyl halides is 1. The summed E-state index contributed by atoms with van der Waals surface area (Å²) in [6, 6.07) is 4.60. The van der Waals surface area contributed by atoms with Crippen LogP contribution >= 0.6 is 11.6 Å². The molecule has 1 fully saturated rings. The summed E-state index contributed by atoms with van der Waals surface area (Å²) in [7, 11) is 1.56. The van der Waals surface area contributed by atoms with Gasteiger partial charge in [0.15, 0.2) is 0 Å². The van der Waals surface area contributed by atoms with Crippen LogP contribution in [0.25, 0.3) is 0 Å². The minimum atomic E-state index is -0.386. The highest BCUT2D eigenvalue weighted by molar-refractivity contribution is 6.27. The van der Waals surface area contributed by atoms with Gasteiger partial charge in [-0.3, -0.25) is 24.1 Å². The molecule has 0 bridgehead atoms. The van der Waals surface area contributed by atoms with Gasteiger partial charge in [0.1, 0.15) is 5.88 Å². The van der Waals surface area contributed by atoms with Crippen LogP contribution in [0.15, 0.2) is 18.2 Å². The molecular formula is C19H22ClN3O5. The first-order valence-corrected chi connectivity index (χ1v) is 9.63. The van der Waals surface area contributed by atoms with Crippen molar-refractivity contribution in [1.29, 1.82) is 0 Å². The average molecular weight is 408 g/mol. The van der Waals surface area contributed by atoms with E-state index in [1.165, 1.54) is 17.0 Å². The molecule has 0 aromatic heterocycles. The third-order valence-electron chi connectivity index (χ3n) is 4.98. The molecule has 2 heterocycles. The Hall–Kier alpha value is -2.45. The summed E-state index contributed by atoms with van der Waals surface area (Å²) >= 11 is 5.57. The largest absolute Gasteiger partial charge is 0.385 e. The van der Waals surface area contributed by atoms with Crippen LogP contribution in [-0.2, 0) is 9.53 Å². The molecule has 9 heteroatoms.